The van der Waals surface area contributed by atoms with Gasteiger partial charge in [-0.25, -0.2) is 9.78 Å². The van der Waals surface area contributed by atoms with Crippen molar-refractivity contribution in [3.63, 3.8) is 0 Å². The number of aromatic nitrogens is 2. The van der Waals surface area contributed by atoms with E-state index >= 15 is 0 Å². The molecule has 2 aromatic carbocycles. The predicted molar refractivity (Wildman–Crippen MR) is 134 cm³/mol. The Bertz CT molecular complexity index is 1450. The van der Waals surface area contributed by atoms with Crippen LogP contribution in [0.1, 0.15) is 16.8 Å². The van der Waals surface area contributed by atoms with Gasteiger partial charge >= 0.3 is 6.03 Å². The first-order chi connectivity index (χ1) is 16.9. The Morgan fingerprint density at radius 2 is 1.77 bits per heavy atom. The number of carbonyl (C=O) groups excluding carboxylic acids is 1. The van der Waals surface area contributed by atoms with Crippen LogP contribution in [0.4, 0.5) is 16.2 Å². The summed E-state index contributed by atoms with van der Waals surface area (Å²) in [6, 6.07) is 15.2. The van der Waals surface area contributed by atoms with E-state index in [9.17, 15) is 9.59 Å². The Labute approximate surface area is 202 Å². The van der Waals surface area contributed by atoms with E-state index in [2.05, 4.69) is 15.6 Å². The fourth-order valence-corrected chi connectivity index (χ4v) is 3.55. The number of fused-ring (bicyclic) bond motifs is 1. The number of urea groups is 1. The number of rotatable bonds is 7. The van der Waals surface area contributed by atoms with Crippen LogP contribution < -0.4 is 30.4 Å². The molecule has 0 aliphatic heterocycles. The number of carbonyl (C=O) groups is 1. The normalized spacial score (nSPS) is 10.6. The predicted octanol–water partition coefficient (Wildman–Crippen LogP) is 4.55. The lowest BCUT2D eigenvalue weighted by atomic mass is 10.2. The van der Waals surface area contributed by atoms with Crippen molar-refractivity contribution in [1.82, 2.24) is 9.38 Å². The second-order valence-electron chi connectivity index (χ2n) is 7.88. The van der Waals surface area contributed by atoms with Gasteiger partial charge in [0.15, 0.2) is 0 Å². The third kappa shape index (κ3) is 5.35. The van der Waals surface area contributed by atoms with Gasteiger partial charge in [0, 0.05) is 30.1 Å². The van der Waals surface area contributed by atoms with Crippen molar-refractivity contribution in [1.29, 1.82) is 0 Å². The Morgan fingerprint density at radius 3 is 2.54 bits per heavy atom. The maximum Gasteiger partial charge on any atom is 0.323 e. The Morgan fingerprint density at radius 1 is 0.943 bits per heavy atom. The van der Waals surface area contributed by atoms with Gasteiger partial charge in [0.1, 0.15) is 29.5 Å². The van der Waals surface area contributed by atoms with Crippen LogP contribution in [0.25, 0.3) is 5.65 Å². The molecule has 0 radical (unpaired) electrons. The van der Waals surface area contributed by atoms with E-state index in [4.69, 9.17) is 14.2 Å². The van der Waals surface area contributed by atoms with Gasteiger partial charge in [0.05, 0.1) is 25.6 Å². The van der Waals surface area contributed by atoms with Crippen LogP contribution in [0.3, 0.4) is 0 Å². The van der Waals surface area contributed by atoms with Crippen LogP contribution in [0, 0.1) is 13.8 Å². The molecule has 0 saturated carbocycles. The monoisotopic (exact) mass is 474 g/mol. The zero-order valence-electron chi connectivity index (χ0n) is 19.9. The highest BCUT2D eigenvalue weighted by Crippen LogP contribution is 2.29. The molecule has 2 aromatic heterocycles. The molecule has 0 aliphatic carbocycles. The number of anilines is 2. The number of methoxy groups -OCH3 is 2. The third-order valence-electron chi connectivity index (χ3n) is 5.42. The summed E-state index contributed by atoms with van der Waals surface area (Å²) in [4.78, 5) is 29.6. The topological polar surface area (TPSA) is 103 Å². The van der Waals surface area contributed by atoms with Crippen molar-refractivity contribution in [3.8, 4) is 17.2 Å². The van der Waals surface area contributed by atoms with Gasteiger partial charge in [0.25, 0.3) is 5.56 Å². The summed E-state index contributed by atoms with van der Waals surface area (Å²) < 4.78 is 18.0. The van der Waals surface area contributed by atoms with Crippen LogP contribution in [0.15, 0.2) is 65.6 Å². The zero-order chi connectivity index (χ0) is 24.9. The number of hydrogen-bond donors (Lipinski definition) is 2. The molecule has 0 bridgehead atoms. The molecule has 0 unspecified atom stereocenters. The number of benzene rings is 2. The van der Waals surface area contributed by atoms with Gasteiger partial charge in [-0.3, -0.25) is 9.20 Å². The summed E-state index contributed by atoms with van der Waals surface area (Å²) >= 11 is 0. The maximum atomic E-state index is 12.6. The molecule has 9 nitrogen and oxygen atoms in total. The number of nitrogens with zero attached hydrogens (tertiary/aromatic N) is 2. The summed E-state index contributed by atoms with van der Waals surface area (Å²) in [5.41, 5.74) is 3.75. The quantitative estimate of drug-likeness (QED) is 0.407. The largest absolute Gasteiger partial charge is 0.497 e. The molecule has 0 atom stereocenters. The molecule has 0 saturated heterocycles. The van der Waals surface area contributed by atoms with E-state index in [0.29, 0.717) is 40.0 Å². The Balaban J connectivity index is 1.47. The number of ether oxygens (including phenoxy) is 3. The van der Waals surface area contributed by atoms with Crippen molar-refractivity contribution >= 4 is 23.1 Å². The number of nitrogens with one attached hydrogen (secondary N) is 2. The fourth-order valence-electron chi connectivity index (χ4n) is 3.55. The van der Waals surface area contributed by atoms with Crippen LogP contribution in [0.2, 0.25) is 0 Å². The lowest BCUT2D eigenvalue weighted by Gasteiger charge is -2.14. The summed E-state index contributed by atoms with van der Waals surface area (Å²) in [5, 5.41) is 5.55. The molecular formula is C26H26N4O5. The van der Waals surface area contributed by atoms with Crippen molar-refractivity contribution < 1.29 is 19.0 Å². The molecule has 2 heterocycles. The molecule has 35 heavy (non-hydrogen) atoms. The van der Waals surface area contributed by atoms with Crippen molar-refractivity contribution in [2.75, 3.05) is 24.9 Å². The van der Waals surface area contributed by atoms with Gasteiger partial charge in [0.2, 0.25) is 0 Å². The molecule has 180 valence electrons. The van der Waals surface area contributed by atoms with Gasteiger partial charge in [-0.05, 0) is 49.2 Å². The van der Waals surface area contributed by atoms with Gasteiger partial charge < -0.3 is 24.8 Å². The van der Waals surface area contributed by atoms with Crippen molar-refractivity contribution in [2.24, 2.45) is 0 Å². The van der Waals surface area contributed by atoms with Crippen LogP contribution >= 0.6 is 0 Å². The molecule has 4 rings (SSSR count). The second-order valence-corrected chi connectivity index (χ2v) is 7.88. The highest BCUT2D eigenvalue weighted by molar-refractivity contribution is 6.00. The average molecular weight is 475 g/mol. The lowest BCUT2D eigenvalue weighted by molar-refractivity contribution is 0.262. The summed E-state index contributed by atoms with van der Waals surface area (Å²) in [7, 11) is 3.07. The highest BCUT2D eigenvalue weighted by Gasteiger charge is 2.11. The number of aryl methyl sites for hydroxylation is 2. The van der Waals surface area contributed by atoms with E-state index in [1.165, 1.54) is 17.6 Å². The van der Waals surface area contributed by atoms with E-state index in [0.717, 1.165) is 11.1 Å². The van der Waals surface area contributed by atoms with Gasteiger partial charge in [-0.15, -0.1) is 0 Å². The SMILES string of the molecule is COc1ccc(NC(=O)Nc2ccc(C)c(OCc3cc(=O)n4cccc(C)c4n3)c2)c(OC)c1. The number of amides is 2. The van der Waals surface area contributed by atoms with E-state index < -0.39 is 6.03 Å². The fraction of sp³-hybridized carbons (Fsp3) is 0.192. The number of pyridine rings is 1. The van der Waals surface area contributed by atoms with Crippen molar-refractivity contribution in [3.05, 3.63) is 88.0 Å². The molecule has 0 spiro atoms. The maximum absolute atomic E-state index is 12.6. The molecular weight excluding hydrogens is 448 g/mol. The smallest absolute Gasteiger partial charge is 0.323 e. The van der Waals surface area contributed by atoms with Crippen LogP contribution in [-0.4, -0.2) is 29.6 Å². The average Bonchev–Trinajstić information content (AvgIpc) is 2.85. The molecule has 0 fully saturated rings. The minimum atomic E-state index is -0.442. The summed E-state index contributed by atoms with van der Waals surface area (Å²) in [5.74, 6) is 1.66. The molecule has 2 amide bonds. The summed E-state index contributed by atoms with van der Waals surface area (Å²) in [6.45, 7) is 3.91. The van der Waals surface area contributed by atoms with Crippen LogP contribution in [0.5, 0.6) is 17.2 Å². The first kappa shape index (κ1) is 23.6. The third-order valence-corrected chi connectivity index (χ3v) is 5.42. The minimum absolute atomic E-state index is 0.111. The van der Waals surface area contributed by atoms with Crippen molar-refractivity contribution in [2.45, 2.75) is 20.5 Å². The number of hydrogen-bond acceptors (Lipinski definition) is 6. The molecule has 2 N–H and O–H groups in total. The van der Waals surface area contributed by atoms with E-state index in [1.54, 1.807) is 43.6 Å². The molecule has 4 aromatic rings. The molecule has 9 heteroatoms. The second kappa shape index (κ2) is 10.2. The summed E-state index contributed by atoms with van der Waals surface area (Å²) in [6.07, 6.45) is 1.69. The minimum Gasteiger partial charge on any atom is -0.497 e. The molecule has 0 aliphatic rings. The Kier molecular flexibility index (Phi) is 6.86. The van der Waals surface area contributed by atoms with E-state index in [-0.39, 0.29) is 12.2 Å². The van der Waals surface area contributed by atoms with Crippen LogP contribution in [-0.2, 0) is 6.61 Å². The highest BCUT2D eigenvalue weighted by atomic mass is 16.5. The first-order valence-electron chi connectivity index (χ1n) is 10.9. The van der Waals surface area contributed by atoms with Gasteiger partial charge in [-0.1, -0.05) is 12.1 Å². The zero-order valence-corrected chi connectivity index (χ0v) is 19.9. The standard InChI is InChI=1S/C26H26N4O5/c1-16-7-8-18(28-26(32)29-21-10-9-20(33-3)14-23(21)34-4)12-22(16)35-15-19-13-24(31)30-11-5-6-17(2)25(30)27-19/h5-14H,15H2,1-4H3,(H2,28,29,32). The van der Waals surface area contributed by atoms with E-state index in [1.807, 2.05) is 32.0 Å². The van der Waals surface area contributed by atoms with Gasteiger partial charge in [-0.2, -0.15) is 0 Å². The lowest BCUT2D eigenvalue weighted by Crippen LogP contribution is -2.20. The Hall–Kier alpha value is -4.53. The first-order valence-corrected chi connectivity index (χ1v) is 10.9.